The second-order valence-electron chi connectivity index (χ2n) is 9.09. The van der Waals surface area contributed by atoms with Crippen molar-refractivity contribution in [1.29, 1.82) is 0 Å². The van der Waals surface area contributed by atoms with Gasteiger partial charge in [0.1, 0.15) is 5.82 Å². The van der Waals surface area contributed by atoms with Crippen molar-refractivity contribution in [1.82, 2.24) is 19.4 Å². The average Bonchev–Trinajstić information content (AvgIpc) is 3.24. The molecule has 0 unspecified atom stereocenters. The summed E-state index contributed by atoms with van der Waals surface area (Å²) >= 11 is 0. The summed E-state index contributed by atoms with van der Waals surface area (Å²) < 4.78 is 118. The summed E-state index contributed by atoms with van der Waals surface area (Å²) in [7, 11) is -5.14. The molecule has 41 heavy (non-hydrogen) atoms. The van der Waals surface area contributed by atoms with Crippen LogP contribution in [0.1, 0.15) is 47.1 Å². The zero-order valence-electron chi connectivity index (χ0n) is 20.9. The quantitative estimate of drug-likeness (QED) is 0.265. The highest BCUT2D eigenvalue weighted by atomic mass is 31.2. The molecule has 2 aromatic carbocycles. The van der Waals surface area contributed by atoms with E-state index >= 15 is 0 Å². The number of rotatable bonds is 7. The van der Waals surface area contributed by atoms with Crippen LogP contribution in [0.4, 0.5) is 30.7 Å². The molecule has 2 heterocycles. The highest BCUT2D eigenvalue weighted by Crippen LogP contribution is 2.41. The molecule has 1 aromatic heterocycles. The maximum Gasteiger partial charge on any atom is 0.439 e. The highest BCUT2D eigenvalue weighted by Gasteiger charge is 2.40. The van der Waals surface area contributed by atoms with Gasteiger partial charge in [0.05, 0.1) is 36.4 Å². The number of H-pyrrole nitrogens is 1. The van der Waals surface area contributed by atoms with Crippen molar-refractivity contribution in [3.05, 3.63) is 86.8 Å². The molecule has 3 N–H and O–H groups in total. The van der Waals surface area contributed by atoms with Crippen LogP contribution in [0, 0.1) is 5.82 Å². The van der Waals surface area contributed by atoms with Gasteiger partial charge in [0.2, 0.25) is 0 Å². The zero-order valence-corrected chi connectivity index (χ0v) is 21.8. The van der Waals surface area contributed by atoms with Gasteiger partial charge in [-0.2, -0.15) is 35.8 Å². The summed E-state index contributed by atoms with van der Waals surface area (Å²) in [4.78, 5) is 32.6. The molecule has 0 radical (unpaired) electrons. The SMILES string of the molecule is C[C@@H](O[C@H]1OCCN(Cc2n[nH]c(=O)n2P(=O)(O)O)[C@H]1c1ccc(F)cc1)c1cc(C(F)(F)F)cc(C(F)(F)F)c1. The summed E-state index contributed by atoms with van der Waals surface area (Å²) in [6, 6.07) is 4.84. The highest BCUT2D eigenvalue weighted by molar-refractivity contribution is 7.50. The van der Waals surface area contributed by atoms with Gasteiger partial charge in [-0.05, 0) is 48.4 Å². The van der Waals surface area contributed by atoms with E-state index in [9.17, 15) is 49.9 Å². The van der Waals surface area contributed by atoms with Crippen LogP contribution >= 0.6 is 7.75 Å². The van der Waals surface area contributed by atoms with Gasteiger partial charge in [-0.3, -0.25) is 4.90 Å². The summed E-state index contributed by atoms with van der Waals surface area (Å²) in [5.41, 5.74) is -4.38. The van der Waals surface area contributed by atoms with E-state index in [1.807, 2.05) is 5.10 Å². The first-order valence-corrected chi connectivity index (χ1v) is 13.3. The van der Waals surface area contributed by atoms with E-state index < -0.39 is 66.7 Å². The van der Waals surface area contributed by atoms with E-state index in [-0.39, 0.29) is 35.9 Å². The average molecular weight is 614 g/mol. The van der Waals surface area contributed by atoms with Gasteiger partial charge < -0.3 is 19.3 Å². The number of ether oxygens (including phenoxy) is 2. The van der Waals surface area contributed by atoms with Crippen molar-refractivity contribution in [2.45, 2.75) is 44.3 Å². The molecule has 0 aliphatic carbocycles. The topological polar surface area (TPSA) is 130 Å². The molecule has 1 fully saturated rings. The molecule has 4 rings (SSSR count). The van der Waals surface area contributed by atoms with Crippen molar-refractivity contribution in [3.63, 3.8) is 0 Å². The molecular formula is C23H22F7N4O6P. The fourth-order valence-corrected chi connectivity index (χ4v) is 5.07. The lowest BCUT2D eigenvalue weighted by Crippen LogP contribution is -2.46. The van der Waals surface area contributed by atoms with Crippen LogP contribution in [-0.4, -0.2) is 48.7 Å². The molecule has 0 amide bonds. The van der Waals surface area contributed by atoms with Crippen molar-refractivity contribution in [3.8, 4) is 0 Å². The number of benzene rings is 2. The maximum absolute atomic E-state index is 13.7. The van der Waals surface area contributed by atoms with E-state index in [2.05, 4.69) is 5.10 Å². The van der Waals surface area contributed by atoms with E-state index in [1.165, 1.54) is 24.0 Å². The van der Waals surface area contributed by atoms with Crippen LogP contribution in [0.3, 0.4) is 0 Å². The fourth-order valence-electron chi connectivity index (χ4n) is 4.38. The Balaban J connectivity index is 1.71. The Morgan fingerprint density at radius 2 is 1.68 bits per heavy atom. The Morgan fingerprint density at radius 1 is 1.10 bits per heavy atom. The molecule has 1 aliphatic heterocycles. The smallest absolute Gasteiger partial charge is 0.349 e. The first kappa shape index (κ1) is 30.9. The lowest BCUT2D eigenvalue weighted by atomic mass is 10.0. The number of alkyl halides is 6. The van der Waals surface area contributed by atoms with Gasteiger partial charge >= 0.3 is 25.8 Å². The van der Waals surface area contributed by atoms with Crippen LogP contribution in [0.5, 0.6) is 0 Å². The monoisotopic (exact) mass is 614 g/mol. The van der Waals surface area contributed by atoms with Gasteiger partial charge in [-0.1, -0.05) is 12.1 Å². The zero-order chi connectivity index (χ0) is 30.3. The molecule has 18 heteroatoms. The standard InChI is InChI=1S/C23H22F7N4O6P/c1-12(14-8-15(22(25,26)27)10-16(9-14)23(28,29)30)40-20-19(13-2-4-17(24)5-3-13)33(6-7-39-20)11-18-31-32-21(35)34(18)41(36,37)38/h2-5,8-10,12,19-20H,6-7,11H2,1H3,(H,32,35)(H2,36,37,38)/t12-,19+,20-/m1/s1. The number of nitrogens with one attached hydrogen (secondary N) is 1. The Kier molecular flexibility index (Phi) is 8.51. The maximum atomic E-state index is 13.7. The van der Waals surface area contributed by atoms with Crippen molar-refractivity contribution in [2.24, 2.45) is 0 Å². The van der Waals surface area contributed by atoms with E-state index in [4.69, 9.17) is 9.47 Å². The fraction of sp³-hybridized carbons (Fsp3) is 0.391. The number of morpholine rings is 1. The van der Waals surface area contributed by atoms with Gasteiger partial charge in [-0.25, -0.2) is 18.8 Å². The number of hydrogen-bond acceptors (Lipinski definition) is 6. The molecule has 1 saturated heterocycles. The van der Waals surface area contributed by atoms with Gasteiger partial charge in [0.25, 0.3) is 0 Å². The van der Waals surface area contributed by atoms with E-state index in [1.54, 1.807) is 0 Å². The molecule has 0 saturated carbocycles. The van der Waals surface area contributed by atoms with Gasteiger partial charge in [0.15, 0.2) is 12.1 Å². The summed E-state index contributed by atoms with van der Waals surface area (Å²) in [6.07, 6.45) is -12.9. The molecule has 1 aliphatic rings. The third kappa shape index (κ3) is 7.05. The summed E-state index contributed by atoms with van der Waals surface area (Å²) in [5.74, 6) is -0.994. The third-order valence-corrected chi connectivity index (χ3v) is 7.20. The number of aromatic amines is 1. The molecule has 0 spiro atoms. The number of nitrogens with zero attached hydrogens (tertiary/aromatic N) is 3. The summed E-state index contributed by atoms with van der Waals surface area (Å²) in [5, 5.41) is 5.59. The minimum absolute atomic E-state index is 0.0131. The molecule has 224 valence electrons. The van der Waals surface area contributed by atoms with E-state index in [0.29, 0.717) is 17.7 Å². The first-order chi connectivity index (χ1) is 18.9. The molecular weight excluding hydrogens is 592 g/mol. The Bertz CT molecular complexity index is 1450. The van der Waals surface area contributed by atoms with Crippen LogP contribution in [0.2, 0.25) is 0 Å². The predicted octanol–water partition coefficient (Wildman–Crippen LogP) is 4.37. The second-order valence-corrected chi connectivity index (χ2v) is 10.5. The minimum atomic E-state index is -5.14. The van der Waals surface area contributed by atoms with E-state index in [0.717, 1.165) is 12.1 Å². The molecule has 0 bridgehead atoms. The van der Waals surface area contributed by atoms with Gasteiger partial charge in [-0.15, -0.1) is 0 Å². The van der Waals surface area contributed by atoms with Crippen molar-refractivity contribution >= 4 is 7.75 Å². The lowest BCUT2D eigenvalue weighted by molar-refractivity contribution is -0.231. The normalized spacial score (nSPS) is 19.9. The lowest BCUT2D eigenvalue weighted by Gasteiger charge is -2.41. The predicted molar refractivity (Wildman–Crippen MR) is 126 cm³/mol. The largest absolute Gasteiger partial charge is 0.439 e. The van der Waals surface area contributed by atoms with Crippen LogP contribution in [-0.2, 0) is 32.9 Å². The van der Waals surface area contributed by atoms with Gasteiger partial charge in [0, 0.05) is 6.54 Å². The summed E-state index contributed by atoms with van der Waals surface area (Å²) in [6.45, 7) is 0.792. The Morgan fingerprint density at radius 3 is 2.22 bits per heavy atom. The Labute approximate surface area is 226 Å². The molecule has 3 atom stereocenters. The third-order valence-electron chi connectivity index (χ3n) is 6.26. The molecule has 10 nitrogen and oxygen atoms in total. The minimum Gasteiger partial charge on any atom is -0.349 e. The van der Waals surface area contributed by atoms with Crippen LogP contribution in [0.25, 0.3) is 0 Å². The van der Waals surface area contributed by atoms with Crippen molar-refractivity contribution < 1.29 is 54.6 Å². The number of aromatic nitrogens is 3. The van der Waals surface area contributed by atoms with Crippen LogP contribution in [0.15, 0.2) is 47.3 Å². The van der Waals surface area contributed by atoms with Crippen molar-refractivity contribution in [2.75, 3.05) is 13.2 Å². The number of hydrogen-bond donors (Lipinski definition) is 3. The first-order valence-electron chi connectivity index (χ1n) is 11.7. The number of halogens is 7. The Hall–Kier alpha value is -3.08. The van der Waals surface area contributed by atoms with Crippen LogP contribution < -0.4 is 5.69 Å². The second kappa shape index (κ2) is 11.3. The molecule has 3 aromatic rings.